The van der Waals surface area contributed by atoms with E-state index in [1.54, 1.807) is 12.1 Å². The molecule has 3 rings (SSSR count). The molecule has 0 aliphatic rings. The Bertz CT molecular complexity index is 909. The van der Waals surface area contributed by atoms with Crippen LogP contribution in [0.5, 0.6) is 0 Å². The number of rotatable bonds is 8. The van der Waals surface area contributed by atoms with Crippen molar-refractivity contribution in [3.8, 4) is 11.4 Å². The lowest BCUT2D eigenvalue weighted by molar-refractivity contribution is -0.120. The first kappa shape index (κ1) is 20.1. The number of hydrogen-bond donors (Lipinski definition) is 2. The fraction of sp³-hybridized carbons (Fsp3) is 0.286. The molecule has 1 heterocycles. The van der Waals surface area contributed by atoms with E-state index in [1.165, 1.54) is 29.5 Å². The SMILES string of the molecule is CCc1ccc(-c2nc(S[C@H](C)C(=O)NCCc3ccc(F)cc3)n[nH]2)cc1. The van der Waals surface area contributed by atoms with E-state index in [1.807, 2.05) is 19.1 Å². The number of carbonyl (C=O) groups excluding carboxylic acids is 1. The third-order valence-corrected chi connectivity index (χ3v) is 5.34. The molecule has 0 aliphatic carbocycles. The van der Waals surface area contributed by atoms with E-state index >= 15 is 0 Å². The van der Waals surface area contributed by atoms with E-state index in [0.717, 1.165) is 17.5 Å². The fourth-order valence-corrected chi connectivity index (χ4v) is 3.41. The van der Waals surface area contributed by atoms with Crippen molar-refractivity contribution in [1.29, 1.82) is 0 Å². The van der Waals surface area contributed by atoms with Crippen molar-refractivity contribution in [3.63, 3.8) is 0 Å². The molecule has 1 aromatic heterocycles. The van der Waals surface area contributed by atoms with Crippen LogP contribution in [0.3, 0.4) is 0 Å². The van der Waals surface area contributed by atoms with Crippen LogP contribution in [0.25, 0.3) is 11.4 Å². The maximum Gasteiger partial charge on any atom is 0.233 e. The Morgan fingerprint density at radius 1 is 1.14 bits per heavy atom. The molecule has 146 valence electrons. The van der Waals surface area contributed by atoms with Gasteiger partial charge in [0.05, 0.1) is 5.25 Å². The summed E-state index contributed by atoms with van der Waals surface area (Å²) in [4.78, 5) is 16.8. The van der Waals surface area contributed by atoms with Crippen LogP contribution in [0.4, 0.5) is 4.39 Å². The number of hydrogen-bond acceptors (Lipinski definition) is 4. The van der Waals surface area contributed by atoms with Crippen molar-refractivity contribution in [2.24, 2.45) is 0 Å². The summed E-state index contributed by atoms with van der Waals surface area (Å²) >= 11 is 1.31. The predicted molar refractivity (Wildman–Crippen MR) is 110 cm³/mol. The number of nitrogens with zero attached hydrogens (tertiary/aromatic N) is 2. The lowest BCUT2D eigenvalue weighted by Gasteiger charge is -2.10. The van der Waals surface area contributed by atoms with E-state index in [0.29, 0.717) is 23.9 Å². The molecule has 0 radical (unpaired) electrons. The predicted octanol–water partition coefficient (Wildman–Crippen LogP) is 4.01. The molecular formula is C21H23FN4OS. The minimum absolute atomic E-state index is 0.0780. The van der Waals surface area contributed by atoms with Crippen LogP contribution in [0.2, 0.25) is 0 Å². The number of aromatic nitrogens is 3. The van der Waals surface area contributed by atoms with Gasteiger partial charge in [0.2, 0.25) is 11.1 Å². The minimum Gasteiger partial charge on any atom is -0.355 e. The monoisotopic (exact) mass is 398 g/mol. The normalized spacial score (nSPS) is 12.0. The van der Waals surface area contributed by atoms with Gasteiger partial charge in [-0.25, -0.2) is 9.37 Å². The van der Waals surface area contributed by atoms with Crippen LogP contribution in [0.15, 0.2) is 53.7 Å². The number of aromatic amines is 1. The Labute approximate surface area is 168 Å². The third-order valence-electron chi connectivity index (χ3n) is 4.38. The molecular weight excluding hydrogens is 375 g/mol. The summed E-state index contributed by atoms with van der Waals surface area (Å²) in [5, 5.41) is 10.2. The Morgan fingerprint density at radius 2 is 1.82 bits per heavy atom. The van der Waals surface area contributed by atoms with Gasteiger partial charge < -0.3 is 5.32 Å². The van der Waals surface area contributed by atoms with Gasteiger partial charge in [-0.15, -0.1) is 5.10 Å². The van der Waals surface area contributed by atoms with Gasteiger partial charge in [-0.3, -0.25) is 9.89 Å². The average Bonchev–Trinajstić information content (AvgIpc) is 3.18. The minimum atomic E-state index is -0.320. The number of benzene rings is 2. The molecule has 0 aliphatic heterocycles. The summed E-state index contributed by atoms with van der Waals surface area (Å²) in [7, 11) is 0. The van der Waals surface area contributed by atoms with E-state index in [-0.39, 0.29) is 17.0 Å². The summed E-state index contributed by atoms with van der Waals surface area (Å²) in [5.41, 5.74) is 3.21. The van der Waals surface area contributed by atoms with Gasteiger partial charge in [-0.05, 0) is 43.0 Å². The zero-order valence-electron chi connectivity index (χ0n) is 15.9. The van der Waals surface area contributed by atoms with Crippen LogP contribution < -0.4 is 5.32 Å². The largest absolute Gasteiger partial charge is 0.355 e. The van der Waals surface area contributed by atoms with E-state index in [9.17, 15) is 9.18 Å². The highest BCUT2D eigenvalue weighted by Crippen LogP contribution is 2.23. The van der Waals surface area contributed by atoms with Gasteiger partial charge in [0.1, 0.15) is 5.82 Å². The van der Waals surface area contributed by atoms with Gasteiger partial charge in [0, 0.05) is 12.1 Å². The summed E-state index contributed by atoms with van der Waals surface area (Å²) in [5.74, 6) is 0.352. The molecule has 0 fully saturated rings. The first-order valence-electron chi connectivity index (χ1n) is 9.25. The van der Waals surface area contributed by atoms with Crippen LogP contribution in [-0.4, -0.2) is 32.9 Å². The number of nitrogens with one attached hydrogen (secondary N) is 2. The van der Waals surface area contributed by atoms with Crippen molar-refractivity contribution in [1.82, 2.24) is 20.5 Å². The highest BCUT2D eigenvalue weighted by molar-refractivity contribution is 8.00. The van der Waals surface area contributed by atoms with Crippen LogP contribution in [0.1, 0.15) is 25.0 Å². The number of amides is 1. The lowest BCUT2D eigenvalue weighted by Crippen LogP contribution is -2.32. The van der Waals surface area contributed by atoms with Crippen molar-refractivity contribution >= 4 is 17.7 Å². The van der Waals surface area contributed by atoms with Crippen LogP contribution in [-0.2, 0) is 17.6 Å². The van der Waals surface area contributed by atoms with Crippen molar-refractivity contribution in [2.45, 2.75) is 37.1 Å². The zero-order valence-corrected chi connectivity index (χ0v) is 16.7. The number of halogens is 1. The molecule has 28 heavy (non-hydrogen) atoms. The quantitative estimate of drug-likeness (QED) is 0.563. The molecule has 0 spiro atoms. The summed E-state index contributed by atoms with van der Waals surface area (Å²) in [6.45, 7) is 4.44. The topological polar surface area (TPSA) is 70.7 Å². The first-order chi connectivity index (χ1) is 13.5. The van der Waals surface area contributed by atoms with Gasteiger partial charge >= 0.3 is 0 Å². The smallest absolute Gasteiger partial charge is 0.233 e. The van der Waals surface area contributed by atoms with Gasteiger partial charge in [0.15, 0.2) is 5.82 Å². The molecule has 0 bridgehead atoms. The Hall–Kier alpha value is -2.67. The molecule has 3 aromatic rings. The fourth-order valence-electron chi connectivity index (χ4n) is 2.66. The van der Waals surface area contributed by atoms with Gasteiger partial charge in [-0.2, -0.15) is 0 Å². The van der Waals surface area contributed by atoms with E-state index < -0.39 is 0 Å². The van der Waals surface area contributed by atoms with Gasteiger partial charge in [-0.1, -0.05) is 55.1 Å². The molecule has 0 saturated heterocycles. The summed E-state index contributed by atoms with van der Waals surface area (Å²) < 4.78 is 12.9. The Kier molecular flexibility index (Phi) is 6.81. The number of H-pyrrole nitrogens is 1. The van der Waals surface area contributed by atoms with E-state index in [2.05, 4.69) is 39.6 Å². The first-order valence-corrected chi connectivity index (χ1v) is 10.1. The highest BCUT2D eigenvalue weighted by atomic mass is 32.2. The lowest BCUT2D eigenvalue weighted by atomic mass is 10.1. The highest BCUT2D eigenvalue weighted by Gasteiger charge is 2.17. The Morgan fingerprint density at radius 3 is 2.50 bits per heavy atom. The molecule has 0 saturated carbocycles. The number of carbonyl (C=O) groups is 1. The Balaban J connectivity index is 1.49. The molecule has 7 heteroatoms. The molecule has 1 amide bonds. The summed E-state index contributed by atoms with van der Waals surface area (Å²) in [6.07, 6.45) is 1.65. The second kappa shape index (κ2) is 9.50. The average molecular weight is 399 g/mol. The van der Waals surface area contributed by atoms with Crippen LogP contribution >= 0.6 is 11.8 Å². The molecule has 1 atom stereocenters. The molecule has 2 N–H and O–H groups in total. The molecule has 5 nitrogen and oxygen atoms in total. The second-order valence-electron chi connectivity index (χ2n) is 6.44. The number of thioether (sulfide) groups is 1. The maximum atomic E-state index is 12.9. The van der Waals surface area contributed by atoms with Gasteiger partial charge in [0.25, 0.3) is 0 Å². The molecule has 2 aromatic carbocycles. The number of aryl methyl sites for hydroxylation is 1. The van der Waals surface area contributed by atoms with Crippen molar-refractivity contribution < 1.29 is 9.18 Å². The van der Waals surface area contributed by atoms with Crippen LogP contribution in [0, 0.1) is 5.82 Å². The van der Waals surface area contributed by atoms with E-state index in [4.69, 9.17) is 0 Å². The molecule has 0 unspecified atom stereocenters. The standard InChI is InChI=1S/C21H23FN4OS/c1-3-15-4-8-17(9-5-15)19-24-21(26-25-19)28-14(2)20(27)23-13-12-16-6-10-18(22)11-7-16/h4-11,14H,3,12-13H2,1-2H3,(H,23,27)(H,24,25,26)/t14-/m1/s1. The van der Waals surface area contributed by atoms with Crippen molar-refractivity contribution in [3.05, 3.63) is 65.5 Å². The second-order valence-corrected chi connectivity index (χ2v) is 7.75. The zero-order chi connectivity index (χ0) is 19.9. The maximum absolute atomic E-state index is 12.9. The van der Waals surface area contributed by atoms with Crippen molar-refractivity contribution in [2.75, 3.05) is 6.54 Å². The summed E-state index contributed by atoms with van der Waals surface area (Å²) in [6, 6.07) is 14.5. The third kappa shape index (κ3) is 5.42.